The molecule has 0 saturated carbocycles. The number of hydrogen-bond donors (Lipinski definition) is 1. The summed E-state index contributed by atoms with van der Waals surface area (Å²) < 4.78 is 26.9. The summed E-state index contributed by atoms with van der Waals surface area (Å²) in [5.41, 5.74) is 1.11. The lowest BCUT2D eigenvalue weighted by atomic mass is 10.0. The Bertz CT molecular complexity index is 540. The van der Waals surface area contributed by atoms with Crippen LogP contribution in [0, 0.1) is 5.92 Å². The Morgan fingerprint density at radius 1 is 1.24 bits per heavy atom. The molecule has 0 radical (unpaired) electrons. The number of sulfonamides is 1. The number of benzene rings is 1. The summed E-state index contributed by atoms with van der Waals surface area (Å²) in [6.45, 7) is 7.23. The van der Waals surface area contributed by atoms with Crippen LogP contribution in [0.25, 0.3) is 0 Å². The summed E-state index contributed by atoms with van der Waals surface area (Å²) in [7, 11) is -3.31. The molecule has 5 heteroatoms. The molecule has 1 fully saturated rings. The fraction of sp³-hybridized carbons (Fsp3) is 0.625. The molecule has 21 heavy (non-hydrogen) atoms. The van der Waals surface area contributed by atoms with Crippen LogP contribution in [0.1, 0.15) is 38.7 Å². The Morgan fingerprint density at radius 2 is 1.95 bits per heavy atom. The summed E-state index contributed by atoms with van der Waals surface area (Å²) >= 11 is 0. The van der Waals surface area contributed by atoms with Crippen LogP contribution >= 0.6 is 0 Å². The van der Waals surface area contributed by atoms with Crippen LogP contribution in [-0.4, -0.2) is 32.4 Å². The van der Waals surface area contributed by atoms with Crippen molar-refractivity contribution in [1.29, 1.82) is 0 Å². The summed E-state index contributed by atoms with van der Waals surface area (Å²) in [5, 5.41) is 3.24. The molecule has 0 spiro atoms. The van der Waals surface area contributed by atoms with Crippen molar-refractivity contribution in [2.24, 2.45) is 5.92 Å². The minimum Gasteiger partial charge on any atom is -0.313 e. The molecule has 4 nitrogen and oxygen atoms in total. The van der Waals surface area contributed by atoms with Crippen molar-refractivity contribution in [2.75, 3.05) is 19.6 Å². The van der Waals surface area contributed by atoms with Crippen molar-refractivity contribution < 1.29 is 8.42 Å². The number of nitrogens with one attached hydrogen (secondary N) is 1. The first-order valence-electron chi connectivity index (χ1n) is 7.87. The van der Waals surface area contributed by atoms with Crippen LogP contribution in [0.3, 0.4) is 0 Å². The zero-order valence-corrected chi connectivity index (χ0v) is 13.8. The Hall–Kier alpha value is -0.910. The van der Waals surface area contributed by atoms with E-state index >= 15 is 0 Å². The summed E-state index contributed by atoms with van der Waals surface area (Å²) in [5.74, 6) is 0.526. The predicted molar refractivity (Wildman–Crippen MR) is 85.6 cm³/mol. The largest absolute Gasteiger partial charge is 0.313 e. The molecule has 1 unspecified atom stereocenters. The molecule has 1 aliphatic rings. The molecule has 1 aromatic rings. The Labute approximate surface area is 128 Å². The normalized spacial score (nSPS) is 20.0. The van der Waals surface area contributed by atoms with E-state index in [-0.39, 0.29) is 0 Å². The first kappa shape index (κ1) is 16.5. The van der Waals surface area contributed by atoms with E-state index in [2.05, 4.69) is 19.2 Å². The van der Waals surface area contributed by atoms with E-state index in [9.17, 15) is 8.42 Å². The third-order valence-corrected chi connectivity index (χ3v) is 5.97. The monoisotopic (exact) mass is 310 g/mol. The van der Waals surface area contributed by atoms with Crippen LogP contribution in [0.4, 0.5) is 0 Å². The maximum atomic E-state index is 12.6. The molecule has 1 saturated heterocycles. The van der Waals surface area contributed by atoms with Gasteiger partial charge in [0.1, 0.15) is 0 Å². The van der Waals surface area contributed by atoms with E-state index in [4.69, 9.17) is 0 Å². The highest BCUT2D eigenvalue weighted by Crippen LogP contribution is 2.26. The van der Waals surface area contributed by atoms with Gasteiger partial charge in [0, 0.05) is 19.6 Å². The van der Waals surface area contributed by atoms with Gasteiger partial charge < -0.3 is 5.32 Å². The maximum Gasteiger partial charge on any atom is 0.243 e. The van der Waals surface area contributed by atoms with Crippen LogP contribution in [0.5, 0.6) is 0 Å². The standard InChI is InChI=1S/C16H26N2O2S/c1-3-5-15-10-11-18(13-15)21(19,20)16-8-6-14(7-9-16)12-17-4-2/h6-9,15,17H,3-5,10-13H2,1-2H3. The quantitative estimate of drug-likeness (QED) is 0.842. The highest BCUT2D eigenvalue weighted by atomic mass is 32.2. The molecule has 1 atom stereocenters. The molecular weight excluding hydrogens is 284 g/mol. The topological polar surface area (TPSA) is 49.4 Å². The molecule has 1 aliphatic heterocycles. The van der Waals surface area contributed by atoms with Gasteiger partial charge in [0.05, 0.1) is 4.90 Å². The molecule has 1 heterocycles. The van der Waals surface area contributed by atoms with E-state index in [0.29, 0.717) is 23.9 Å². The fourth-order valence-electron chi connectivity index (χ4n) is 2.86. The minimum atomic E-state index is -3.31. The van der Waals surface area contributed by atoms with Gasteiger partial charge in [0.2, 0.25) is 10.0 Å². The van der Waals surface area contributed by atoms with E-state index in [0.717, 1.165) is 37.9 Å². The van der Waals surface area contributed by atoms with Gasteiger partial charge in [-0.05, 0) is 43.0 Å². The van der Waals surface area contributed by atoms with Gasteiger partial charge in [-0.3, -0.25) is 0 Å². The lowest BCUT2D eigenvalue weighted by Crippen LogP contribution is -2.28. The van der Waals surface area contributed by atoms with Crippen molar-refractivity contribution in [3.8, 4) is 0 Å². The van der Waals surface area contributed by atoms with E-state index < -0.39 is 10.0 Å². The lowest BCUT2D eigenvalue weighted by molar-refractivity contribution is 0.444. The highest BCUT2D eigenvalue weighted by Gasteiger charge is 2.31. The van der Waals surface area contributed by atoms with Crippen molar-refractivity contribution in [3.05, 3.63) is 29.8 Å². The number of nitrogens with zero attached hydrogens (tertiary/aromatic N) is 1. The molecule has 0 bridgehead atoms. The van der Waals surface area contributed by atoms with Gasteiger partial charge in [0.25, 0.3) is 0 Å². The smallest absolute Gasteiger partial charge is 0.243 e. The number of rotatable bonds is 7. The van der Waals surface area contributed by atoms with Gasteiger partial charge >= 0.3 is 0 Å². The second kappa shape index (κ2) is 7.38. The zero-order valence-electron chi connectivity index (χ0n) is 13.0. The first-order valence-corrected chi connectivity index (χ1v) is 9.31. The van der Waals surface area contributed by atoms with Crippen molar-refractivity contribution in [1.82, 2.24) is 9.62 Å². The minimum absolute atomic E-state index is 0.417. The van der Waals surface area contributed by atoms with Gasteiger partial charge in [-0.1, -0.05) is 32.4 Å². The van der Waals surface area contributed by atoms with Gasteiger partial charge in [-0.15, -0.1) is 0 Å². The number of hydrogen-bond acceptors (Lipinski definition) is 3. The van der Waals surface area contributed by atoms with Crippen molar-refractivity contribution in [3.63, 3.8) is 0 Å². The molecule has 0 amide bonds. The Balaban J connectivity index is 2.06. The fourth-order valence-corrected chi connectivity index (χ4v) is 4.39. The van der Waals surface area contributed by atoms with Gasteiger partial charge in [-0.25, -0.2) is 8.42 Å². The average Bonchev–Trinajstić information content (AvgIpc) is 2.95. The van der Waals surface area contributed by atoms with E-state index in [1.807, 2.05) is 12.1 Å². The summed E-state index contributed by atoms with van der Waals surface area (Å²) in [6, 6.07) is 7.26. The Kier molecular flexibility index (Phi) is 5.79. The molecular formula is C16H26N2O2S. The second-order valence-electron chi connectivity index (χ2n) is 5.73. The van der Waals surface area contributed by atoms with E-state index in [1.165, 1.54) is 0 Å². The van der Waals surface area contributed by atoms with Crippen molar-refractivity contribution in [2.45, 2.75) is 44.6 Å². The lowest BCUT2D eigenvalue weighted by Gasteiger charge is -2.17. The molecule has 0 aromatic heterocycles. The van der Waals surface area contributed by atoms with Crippen LogP contribution in [-0.2, 0) is 16.6 Å². The van der Waals surface area contributed by atoms with Crippen LogP contribution in [0.2, 0.25) is 0 Å². The van der Waals surface area contributed by atoms with Gasteiger partial charge in [0.15, 0.2) is 0 Å². The first-order chi connectivity index (χ1) is 10.1. The second-order valence-corrected chi connectivity index (χ2v) is 7.67. The van der Waals surface area contributed by atoms with Crippen LogP contribution in [0.15, 0.2) is 29.2 Å². The molecule has 1 N–H and O–H groups in total. The molecule has 118 valence electrons. The third kappa shape index (κ3) is 4.05. The molecule has 0 aliphatic carbocycles. The predicted octanol–water partition coefficient (Wildman–Crippen LogP) is 2.61. The summed E-state index contributed by atoms with van der Waals surface area (Å²) in [4.78, 5) is 0.417. The third-order valence-electron chi connectivity index (χ3n) is 4.09. The average molecular weight is 310 g/mol. The summed E-state index contributed by atoms with van der Waals surface area (Å²) in [6.07, 6.45) is 3.23. The maximum absolute atomic E-state index is 12.6. The van der Waals surface area contributed by atoms with Gasteiger partial charge in [-0.2, -0.15) is 4.31 Å². The molecule has 2 rings (SSSR count). The molecule has 1 aromatic carbocycles. The van der Waals surface area contributed by atoms with Crippen molar-refractivity contribution >= 4 is 10.0 Å². The van der Waals surface area contributed by atoms with Crippen LogP contribution < -0.4 is 5.32 Å². The van der Waals surface area contributed by atoms with E-state index in [1.54, 1.807) is 16.4 Å². The zero-order chi connectivity index (χ0) is 15.3. The highest BCUT2D eigenvalue weighted by molar-refractivity contribution is 7.89. The SMILES string of the molecule is CCCC1CCN(S(=O)(=O)c2ccc(CNCC)cc2)C1. The Morgan fingerprint density at radius 3 is 2.57 bits per heavy atom.